The summed E-state index contributed by atoms with van der Waals surface area (Å²) >= 11 is 0. The van der Waals surface area contributed by atoms with Crippen LogP contribution in [0.4, 0.5) is 18.9 Å². The van der Waals surface area contributed by atoms with Crippen molar-refractivity contribution in [3.8, 4) is 22.9 Å². The average molecular weight is 490 g/mol. The Balaban J connectivity index is 1.40. The first-order valence-electron chi connectivity index (χ1n) is 11.0. The monoisotopic (exact) mass is 490 g/mol. The van der Waals surface area contributed by atoms with Crippen LogP contribution in [0, 0.1) is 5.92 Å². The van der Waals surface area contributed by atoms with Crippen molar-refractivity contribution in [1.82, 2.24) is 15.0 Å². The number of likely N-dealkylation sites (tertiary alicyclic amines) is 1. The Kier molecular flexibility index (Phi) is 7.25. The summed E-state index contributed by atoms with van der Waals surface area (Å²) in [5, 5.41) is 6.49. The molecule has 1 aliphatic rings. The van der Waals surface area contributed by atoms with Gasteiger partial charge in [0.2, 0.25) is 17.6 Å². The molecule has 0 bridgehead atoms. The molecule has 1 N–H and O–H groups in total. The molecule has 1 saturated heterocycles. The Hall–Kier alpha value is -3.60. The van der Waals surface area contributed by atoms with E-state index >= 15 is 0 Å². The van der Waals surface area contributed by atoms with E-state index in [9.17, 15) is 18.0 Å². The highest BCUT2D eigenvalue weighted by Crippen LogP contribution is 2.35. The second-order valence-electron chi connectivity index (χ2n) is 8.19. The lowest BCUT2D eigenvalue weighted by Crippen LogP contribution is -2.40. The van der Waals surface area contributed by atoms with Gasteiger partial charge in [-0.3, -0.25) is 9.69 Å². The standard InChI is InChI=1S/C24H25F3N4O4/c1-33-19-10-9-15(12-20(19)34-2)22-29-21(35-30-22)14-31-11-5-6-16(13-31)23(32)28-18-8-4-3-7-17(18)24(25,26)27/h3-4,7-10,12,16H,5-6,11,13-14H2,1-2H3,(H,28,32). The summed E-state index contributed by atoms with van der Waals surface area (Å²) in [5.74, 6) is 0.972. The Morgan fingerprint density at radius 2 is 1.94 bits per heavy atom. The molecule has 1 atom stereocenters. The number of rotatable bonds is 7. The predicted molar refractivity (Wildman–Crippen MR) is 121 cm³/mol. The van der Waals surface area contributed by atoms with Gasteiger partial charge >= 0.3 is 6.18 Å². The van der Waals surface area contributed by atoms with Crippen LogP contribution in [0.3, 0.4) is 0 Å². The van der Waals surface area contributed by atoms with Crippen molar-refractivity contribution in [2.75, 3.05) is 32.6 Å². The summed E-state index contributed by atoms with van der Waals surface area (Å²) < 4.78 is 55.7. The lowest BCUT2D eigenvalue weighted by Gasteiger charge is -2.31. The summed E-state index contributed by atoms with van der Waals surface area (Å²) in [5.41, 5.74) is -0.412. The van der Waals surface area contributed by atoms with Gasteiger partial charge < -0.3 is 19.3 Å². The smallest absolute Gasteiger partial charge is 0.418 e. The van der Waals surface area contributed by atoms with Crippen LogP contribution in [0.1, 0.15) is 24.3 Å². The molecule has 4 rings (SSSR count). The molecule has 8 nitrogen and oxygen atoms in total. The van der Waals surface area contributed by atoms with Crippen LogP contribution in [-0.4, -0.2) is 48.3 Å². The molecule has 1 unspecified atom stereocenters. The molecule has 0 radical (unpaired) electrons. The summed E-state index contributed by atoms with van der Waals surface area (Å²) in [4.78, 5) is 19.2. The number of hydrogen-bond acceptors (Lipinski definition) is 7. The van der Waals surface area contributed by atoms with Crippen LogP contribution in [0.15, 0.2) is 47.0 Å². The molecule has 0 spiro atoms. The topological polar surface area (TPSA) is 89.7 Å². The van der Waals surface area contributed by atoms with Crippen LogP contribution >= 0.6 is 0 Å². The quantitative estimate of drug-likeness (QED) is 0.517. The van der Waals surface area contributed by atoms with Gasteiger partial charge in [0, 0.05) is 12.1 Å². The van der Waals surface area contributed by atoms with Crippen molar-refractivity contribution >= 4 is 11.6 Å². The fraction of sp³-hybridized carbons (Fsp3) is 0.375. The van der Waals surface area contributed by atoms with E-state index in [0.717, 1.165) is 12.5 Å². The van der Waals surface area contributed by atoms with Gasteiger partial charge in [-0.1, -0.05) is 17.3 Å². The highest BCUT2D eigenvalue weighted by Gasteiger charge is 2.34. The summed E-state index contributed by atoms with van der Waals surface area (Å²) in [6.07, 6.45) is -3.25. The Bertz CT molecular complexity index is 1180. The highest BCUT2D eigenvalue weighted by molar-refractivity contribution is 5.93. The first-order chi connectivity index (χ1) is 16.8. The van der Waals surface area contributed by atoms with Gasteiger partial charge in [0.15, 0.2) is 11.5 Å². The Morgan fingerprint density at radius 3 is 2.69 bits per heavy atom. The van der Waals surface area contributed by atoms with Crippen LogP contribution in [0.25, 0.3) is 11.4 Å². The van der Waals surface area contributed by atoms with Crippen LogP contribution in [0.2, 0.25) is 0 Å². The number of alkyl halides is 3. The Morgan fingerprint density at radius 1 is 1.17 bits per heavy atom. The molecular formula is C24H25F3N4O4. The second-order valence-corrected chi connectivity index (χ2v) is 8.19. The van der Waals surface area contributed by atoms with E-state index in [1.165, 1.54) is 25.3 Å². The molecule has 1 aromatic heterocycles. The number of methoxy groups -OCH3 is 2. The molecule has 0 aliphatic carbocycles. The largest absolute Gasteiger partial charge is 0.493 e. The number of para-hydroxylation sites is 1. The Labute approximate surface area is 200 Å². The molecular weight excluding hydrogens is 465 g/mol. The minimum absolute atomic E-state index is 0.237. The molecule has 186 valence electrons. The van der Waals surface area contributed by atoms with Gasteiger partial charge in [-0.25, -0.2) is 0 Å². The van der Waals surface area contributed by atoms with Crippen LogP contribution in [0.5, 0.6) is 11.5 Å². The zero-order chi connectivity index (χ0) is 25.0. The summed E-state index contributed by atoms with van der Waals surface area (Å²) in [7, 11) is 3.08. The van der Waals surface area contributed by atoms with Gasteiger partial charge in [-0.2, -0.15) is 18.2 Å². The van der Waals surface area contributed by atoms with Gasteiger partial charge in [-0.05, 0) is 49.7 Å². The number of amides is 1. The van der Waals surface area contributed by atoms with Crippen molar-refractivity contribution in [1.29, 1.82) is 0 Å². The number of piperidine rings is 1. The number of hydrogen-bond donors (Lipinski definition) is 1. The number of carbonyl (C=O) groups is 1. The van der Waals surface area contributed by atoms with Crippen molar-refractivity contribution in [2.24, 2.45) is 5.92 Å². The summed E-state index contributed by atoms with van der Waals surface area (Å²) in [6, 6.07) is 10.2. The zero-order valence-electron chi connectivity index (χ0n) is 19.3. The molecule has 1 aliphatic heterocycles. The lowest BCUT2D eigenvalue weighted by molar-refractivity contribution is -0.137. The molecule has 1 amide bonds. The number of ether oxygens (including phenoxy) is 2. The zero-order valence-corrected chi connectivity index (χ0v) is 19.3. The fourth-order valence-electron chi connectivity index (χ4n) is 4.09. The van der Waals surface area contributed by atoms with E-state index in [1.54, 1.807) is 25.3 Å². The van der Waals surface area contributed by atoms with E-state index in [0.29, 0.717) is 54.8 Å². The van der Waals surface area contributed by atoms with Gasteiger partial charge in [0.05, 0.1) is 37.9 Å². The maximum absolute atomic E-state index is 13.3. The maximum atomic E-state index is 13.3. The molecule has 1 fully saturated rings. The number of benzene rings is 2. The fourth-order valence-corrected chi connectivity index (χ4v) is 4.09. The minimum Gasteiger partial charge on any atom is -0.493 e. The maximum Gasteiger partial charge on any atom is 0.418 e. The van der Waals surface area contributed by atoms with Crippen molar-refractivity contribution in [3.63, 3.8) is 0 Å². The van der Waals surface area contributed by atoms with E-state index in [2.05, 4.69) is 15.5 Å². The third-order valence-electron chi connectivity index (χ3n) is 5.84. The predicted octanol–water partition coefficient (Wildman–Crippen LogP) is 4.62. The van der Waals surface area contributed by atoms with Crippen molar-refractivity contribution in [2.45, 2.75) is 25.6 Å². The number of nitrogens with one attached hydrogen (secondary N) is 1. The highest BCUT2D eigenvalue weighted by atomic mass is 19.4. The van der Waals surface area contributed by atoms with E-state index in [4.69, 9.17) is 14.0 Å². The van der Waals surface area contributed by atoms with Crippen LogP contribution in [-0.2, 0) is 17.5 Å². The van der Waals surface area contributed by atoms with Crippen molar-refractivity contribution in [3.05, 3.63) is 53.9 Å². The first-order valence-corrected chi connectivity index (χ1v) is 11.0. The minimum atomic E-state index is -4.55. The summed E-state index contributed by atoms with van der Waals surface area (Å²) in [6.45, 7) is 1.40. The third-order valence-corrected chi connectivity index (χ3v) is 5.84. The van der Waals surface area contributed by atoms with Gasteiger partial charge in [0.25, 0.3) is 0 Å². The normalized spacial score (nSPS) is 16.7. The average Bonchev–Trinajstić information content (AvgIpc) is 3.31. The molecule has 2 heterocycles. The third kappa shape index (κ3) is 5.73. The SMILES string of the molecule is COc1ccc(-c2noc(CN3CCCC(C(=O)Nc4ccccc4C(F)(F)F)C3)n2)cc1OC. The number of nitrogens with zero attached hydrogens (tertiary/aromatic N) is 3. The number of aromatic nitrogens is 2. The molecule has 11 heteroatoms. The molecule has 35 heavy (non-hydrogen) atoms. The number of halogens is 3. The molecule has 2 aromatic carbocycles. The van der Waals surface area contributed by atoms with Crippen molar-refractivity contribution < 1.29 is 32.0 Å². The number of carbonyl (C=O) groups excluding carboxylic acids is 1. The van der Waals surface area contributed by atoms with Gasteiger partial charge in [0.1, 0.15) is 0 Å². The van der Waals surface area contributed by atoms with Crippen LogP contribution < -0.4 is 14.8 Å². The van der Waals surface area contributed by atoms with E-state index in [1.807, 2.05) is 4.90 Å². The van der Waals surface area contributed by atoms with Gasteiger partial charge in [-0.15, -0.1) is 0 Å². The van der Waals surface area contributed by atoms with E-state index in [-0.39, 0.29) is 5.69 Å². The molecule has 3 aromatic rings. The second kappa shape index (κ2) is 10.3. The lowest BCUT2D eigenvalue weighted by atomic mass is 9.97. The number of anilines is 1. The molecule has 0 saturated carbocycles. The first kappa shape index (κ1) is 24.5. The van der Waals surface area contributed by atoms with E-state index < -0.39 is 23.6 Å².